The van der Waals surface area contributed by atoms with E-state index in [-0.39, 0.29) is 30.2 Å². The predicted molar refractivity (Wildman–Crippen MR) is 155 cm³/mol. The lowest BCUT2D eigenvalue weighted by Gasteiger charge is -2.61. The first kappa shape index (κ1) is 27.3. The van der Waals surface area contributed by atoms with Crippen molar-refractivity contribution in [2.75, 3.05) is 55.9 Å². The number of hydrogen-bond acceptors (Lipinski definition) is 9. The van der Waals surface area contributed by atoms with E-state index in [1.54, 1.807) is 0 Å². The van der Waals surface area contributed by atoms with E-state index >= 15 is 0 Å². The van der Waals surface area contributed by atoms with E-state index in [4.69, 9.17) is 9.47 Å². The van der Waals surface area contributed by atoms with Crippen LogP contribution in [0.5, 0.6) is 0 Å². The van der Waals surface area contributed by atoms with Gasteiger partial charge in [-0.05, 0) is 80.2 Å². The maximum absolute atomic E-state index is 14.9. The van der Waals surface area contributed by atoms with Crippen molar-refractivity contribution in [3.63, 3.8) is 0 Å². The molecule has 0 aromatic heterocycles. The lowest BCUT2D eigenvalue weighted by Crippen LogP contribution is -2.76. The van der Waals surface area contributed by atoms with Gasteiger partial charge < -0.3 is 19.3 Å². The number of fused-ring (bicyclic) bond motifs is 4. The molecule has 43 heavy (non-hydrogen) atoms. The molecule has 1 aromatic rings. The van der Waals surface area contributed by atoms with E-state index in [2.05, 4.69) is 5.32 Å². The largest absolute Gasteiger partial charge is 0.378 e. The Bertz CT molecular complexity index is 1370. The Morgan fingerprint density at radius 1 is 0.953 bits per heavy atom. The molecule has 1 spiro atoms. The summed E-state index contributed by atoms with van der Waals surface area (Å²) in [5, 5.41) is 14.9. The summed E-state index contributed by atoms with van der Waals surface area (Å²) >= 11 is 0. The molecule has 0 unspecified atom stereocenters. The number of anilines is 2. The second-order valence-electron chi connectivity index (χ2n) is 14.1. The van der Waals surface area contributed by atoms with Crippen LogP contribution >= 0.6 is 0 Å². The summed E-state index contributed by atoms with van der Waals surface area (Å²) in [5.74, 6) is 0.782. The van der Waals surface area contributed by atoms with Crippen LogP contribution in [0.2, 0.25) is 0 Å². The van der Waals surface area contributed by atoms with Gasteiger partial charge >= 0.3 is 6.03 Å². The Kier molecular flexibility index (Phi) is 6.11. The maximum Gasteiger partial charge on any atom is 0.331 e. The van der Waals surface area contributed by atoms with Crippen molar-refractivity contribution in [1.29, 1.82) is 0 Å². The van der Waals surface area contributed by atoms with Gasteiger partial charge in [-0.2, -0.15) is 0 Å². The summed E-state index contributed by atoms with van der Waals surface area (Å²) in [4.78, 5) is 59.7. The molecule has 8 aliphatic rings. The highest BCUT2D eigenvalue weighted by Crippen LogP contribution is 2.62. The van der Waals surface area contributed by atoms with Crippen molar-refractivity contribution in [2.24, 2.45) is 28.6 Å². The van der Waals surface area contributed by atoms with Crippen LogP contribution in [-0.4, -0.2) is 85.8 Å². The molecule has 4 aliphatic heterocycles. The number of amides is 4. The molecular formula is C31H39N5O7. The number of imide groups is 2. The molecule has 4 bridgehead atoms. The number of barbiturate groups is 1. The fourth-order valence-corrected chi connectivity index (χ4v) is 10.4. The molecule has 230 valence electrons. The fourth-order valence-electron chi connectivity index (χ4n) is 10.4. The molecule has 12 nitrogen and oxygen atoms in total. The van der Waals surface area contributed by atoms with Crippen molar-refractivity contribution in [3.8, 4) is 0 Å². The summed E-state index contributed by atoms with van der Waals surface area (Å²) in [5.41, 5.74) is 0.0452. The number of nitrogens with zero attached hydrogens (tertiary/aromatic N) is 4. The zero-order valence-electron chi connectivity index (χ0n) is 24.6. The van der Waals surface area contributed by atoms with Gasteiger partial charge in [0.2, 0.25) is 11.8 Å². The van der Waals surface area contributed by atoms with E-state index < -0.39 is 34.2 Å². The third-order valence-corrected chi connectivity index (χ3v) is 12.0. The predicted octanol–water partition coefficient (Wildman–Crippen LogP) is 2.86. The molecule has 4 amide bonds. The summed E-state index contributed by atoms with van der Waals surface area (Å²) < 4.78 is 11.4. The molecule has 4 aliphatic carbocycles. The van der Waals surface area contributed by atoms with Crippen LogP contribution in [0.25, 0.3) is 0 Å². The number of nitrogens with one attached hydrogen (secondary N) is 1. The third-order valence-electron chi connectivity index (χ3n) is 12.0. The zero-order chi connectivity index (χ0) is 29.7. The number of ether oxygens (including phenoxy) is 2. The molecule has 1 N–H and O–H groups in total. The van der Waals surface area contributed by atoms with Crippen molar-refractivity contribution >= 4 is 34.9 Å². The Morgan fingerprint density at radius 3 is 2.26 bits per heavy atom. The Morgan fingerprint density at radius 2 is 1.60 bits per heavy atom. The highest BCUT2D eigenvalue weighted by molar-refractivity contribution is 6.20. The Labute approximate surface area is 250 Å². The summed E-state index contributed by atoms with van der Waals surface area (Å²) in [6, 6.07) is 1.75. The molecule has 3 atom stereocenters. The number of nitro groups is 1. The third kappa shape index (κ3) is 3.91. The SMILES string of the molecule is C[C@H](N1C(=O)NC(=O)[C@]2(Cc3cc([N+](=O)[O-])c(N4CCOCC4)cc3N3CCOC[C@H]32)C1=O)C12CC3CC(CC(C3)C1)C2. The number of urea groups is 1. The second kappa shape index (κ2) is 9.62. The van der Waals surface area contributed by atoms with E-state index in [0.29, 0.717) is 68.5 Å². The number of hydrogen-bond donors (Lipinski definition) is 1. The van der Waals surface area contributed by atoms with Crippen LogP contribution in [0.4, 0.5) is 21.9 Å². The van der Waals surface area contributed by atoms with Gasteiger partial charge in [0.15, 0.2) is 5.41 Å². The fraction of sp³-hybridized carbons (Fsp3) is 0.710. The normalized spacial score (nSPS) is 37.3. The molecule has 3 saturated heterocycles. The molecule has 0 radical (unpaired) electrons. The molecule has 7 fully saturated rings. The Balaban J connectivity index is 1.21. The van der Waals surface area contributed by atoms with Crippen LogP contribution in [0.1, 0.15) is 51.0 Å². The molecule has 9 rings (SSSR count). The van der Waals surface area contributed by atoms with E-state index in [9.17, 15) is 24.5 Å². The number of rotatable bonds is 4. The maximum atomic E-state index is 14.9. The molecule has 4 heterocycles. The zero-order valence-corrected chi connectivity index (χ0v) is 24.6. The van der Waals surface area contributed by atoms with Gasteiger partial charge in [0, 0.05) is 43.9 Å². The van der Waals surface area contributed by atoms with E-state index in [1.165, 1.54) is 30.2 Å². The van der Waals surface area contributed by atoms with Gasteiger partial charge in [-0.1, -0.05) is 0 Å². The summed E-state index contributed by atoms with van der Waals surface area (Å²) in [6.07, 6.45) is 6.72. The van der Waals surface area contributed by atoms with Crippen molar-refractivity contribution in [1.82, 2.24) is 10.2 Å². The second-order valence-corrected chi connectivity index (χ2v) is 14.1. The van der Waals surface area contributed by atoms with Crippen LogP contribution in [0.15, 0.2) is 12.1 Å². The summed E-state index contributed by atoms with van der Waals surface area (Å²) in [7, 11) is 0. The lowest BCUT2D eigenvalue weighted by atomic mass is 9.47. The molecule has 12 heteroatoms. The standard InChI is InChI=1S/C31H39N5O7/c1-18(30-13-19-8-20(14-30)10-21(9-19)15-30)35-28(38)31(27(37)32-29(35)39)16-22-11-25(36(40)41)24(33-2-5-42-6-3-33)12-23(22)34-4-7-43-17-26(31)34/h11-12,18-21,26H,2-10,13-17H2,1H3,(H,32,37,39)/t18-,19?,20?,21?,26-,30?,31+/m0/s1. The number of nitro benzene ring substituents is 1. The van der Waals surface area contributed by atoms with Crippen molar-refractivity contribution in [3.05, 3.63) is 27.8 Å². The molecule has 4 saturated carbocycles. The minimum atomic E-state index is -1.63. The van der Waals surface area contributed by atoms with Gasteiger partial charge in [-0.25, -0.2) is 4.79 Å². The van der Waals surface area contributed by atoms with Crippen molar-refractivity contribution in [2.45, 2.75) is 64.0 Å². The quantitative estimate of drug-likeness (QED) is 0.318. The average molecular weight is 594 g/mol. The smallest absolute Gasteiger partial charge is 0.331 e. The van der Waals surface area contributed by atoms with E-state index in [0.717, 1.165) is 24.9 Å². The number of morpholine rings is 2. The highest BCUT2D eigenvalue weighted by atomic mass is 16.6. The molecule has 1 aromatic carbocycles. The Hall–Kier alpha value is -3.25. The van der Waals surface area contributed by atoms with Crippen LogP contribution in [0, 0.1) is 38.7 Å². The van der Waals surface area contributed by atoms with Gasteiger partial charge in [0.25, 0.3) is 5.69 Å². The van der Waals surface area contributed by atoms with Gasteiger partial charge in [-0.3, -0.25) is 29.9 Å². The van der Waals surface area contributed by atoms with Gasteiger partial charge in [0.05, 0.1) is 37.4 Å². The number of carbonyl (C=O) groups excluding carboxylic acids is 3. The van der Waals surface area contributed by atoms with Gasteiger partial charge in [0.1, 0.15) is 5.69 Å². The number of carbonyl (C=O) groups is 3. The molecular weight excluding hydrogens is 554 g/mol. The van der Waals surface area contributed by atoms with E-state index in [1.807, 2.05) is 22.8 Å². The van der Waals surface area contributed by atoms with Crippen molar-refractivity contribution < 1.29 is 28.8 Å². The first-order valence-electron chi connectivity index (χ1n) is 15.9. The number of benzene rings is 1. The minimum absolute atomic E-state index is 0.0286. The lowest BCUT2D eigenvalue weighted by molar-refractivity contribution is -0.384. The topological polar surface area (TPSA) is 135 Å². The monoisotopic (exact) mass is 593 g/mol. The van der Waals surface area contributed by atoms with Crippen LogP contribution in [0.3, 0.4) is 0 Å². The average Bonchev–Trinajstić information content (AvgIpc) is 2.99. The van der Waals surface area contributed by atoms with Gasteiger partial charge in [-0.15, -0.1) is 0 Å². The first-order valence-corrected chi connectivity index (χ1v) is 15.9. The summed E-state index contributed by atoms with van der Waals surface area (Å²) in [6.45, 7) is 5.02. The minimum Gasteiger partial charge on any atom is -0.378 e. The van der Waals surface area contributed by atoms with Crippen LogP contribution < -0.4 is 15.1 Å². The first-order chi connectivity index (χ1) is 20.7. The highest BCUT2D eigenvalue weighted by Gasteiger charge is 2.65. The van der Waals surface area contributed by atoms with Crippen LogP contribution in [-0.2, 0) is 25.5 Å².